The molecule has 0 saturated heterocycles. The molecule has 0 radical (unpaired) electrons. The maximum atomic E-state index is 13.2. The van der Waals surface area contributed by atoms with Crippen LogP contribution in [0.3, 0.4) is 0 Å². The summed E-state index contributed by atoms with van der Waals surface area (Å²) < 4.78 is 19.1. The first-order valence-electron chi connectivity index (χ1n) is 6.37. The van der Waals surface area contributed by atoms with Gasteiger partial charge < -0.3 is 10.5 Å². The van der Waals surface area contributed by atoms with Crippen molar-refractivity contribution >= 4 is 0 Å². The lowest BCUT2D eigenvalue weighted by atomic mass is 9.87. The van der Waals surface area contributed by atoms with Crippen molar-refractivity contribution in [3.63, 3.8) is 0 Å². The fraction of sp³-hybridized carbons (Fsp3) is 0.571. The van der Waals surface area contributed by atoms with E-state index < -0.39 is 0 Å². The molecule has 2 rings (SSSR count). The lowest BCUT2D eigenvalue weighted by molar-refractivity contribution is 0.0939. The summed E-state index contributed by atoms with van der Waals surface area (Å²) in [5, 5.41) is 0. The van der Waals surface area contributed by atoms with Crippen molar-refractivity contribution in [2.45, 2.75) is 45.3 Å². The van der Waals surface area contributed by atoms with Crippen LogP contribution in [0.4, 0.5) is 4.39 Å². The predicted molar refractivity (Wildman–Crippen MR) is 66.4 cm³/mol. The van der Waals surface area contributed by atoms with Gasteiger partial charge in [0.15, 0.2) is 0 Å². The minimum Gasteiger partial charge on any atom is -0.490 e. The van der Waals surface area contributed by atoms with Crippen LogP contribution in [-0.2, 0) is 0 Å². The van der Waals surface area contributed by atoms with Crippen LogP contribution < -0.4 is 10.5 Å². The third-order valence-electron chi connectivity index (χ3n) is 3.71. The molecular weight excluding hydrogens is 217 g/mol. The molecule has 1 aromatic carbocycles. The molecule has 2 nitrogen and oxygen atoms in total. The van der Waals surface area contributed by atoms with Gasteiger partial charge in [0.05, 0.1) is 0 Å². The number of hydrogen-bond acceptors (Lipinski definition) is 2. The normalized spacial score (nSPS) is 23.4. The summed E-state index contributed by atoms with van der Waals surface area (Å²) in [7, 11) is 0. The van der Waals surface area contributed by atoms with Gasteiger partial charge in [0.1, 0.15) is 17.7 Å². The lowest BCUT2D eigenvalue weighted by Gasteiger charge is -2.34. The Balaban J connectivity index is 2.25. The second kappa shape index (κ2) is 5.05. The molecule has 1 aliphatic rings. The Morgan fingerprint density at radius 3 is 2.76 bits per heavy atom. The Morgan fingerprint density at radius 1 is 1.41 bits per heavy atom. The van der Waals surface area contributed by atoms with Crippen molar-refractivity contribution in [2.75, 3.05) is 0 Å². The fourth-order valence-electron chi connectivity index (χ4n) is 2.61. The zero-order valence-electron chi connectivity index (χ0n) is 10.4. The summed E-state index contributed by atoms with van der Waals surface area (Å²) in [5.41, 5.74) is 7.06. The zero-order chi connectivity index (χ0) is 12.4. The SMILES string of the molecule is CCC(CC)C1C[C@H](N)c2ccc(F)cc2O1. The summed E-state index contributed by atoms with van der Waals surface area (Å²) in [6, 6.07) is 4.59. The quantitative estimate of drug-likeness (QED) is 0.874. The molecular formula is C14H20FNO. The lowest BCUT2D eigenvalue weighted by Crippen LogP contribution is -2.35. The highest BCUT2D eigenvalue weighted by Gasteiger charge is 2.30. The van der Waals surface area contributed by atoms with Gasteiger partial charge in [0.2, 0.25) is 0 Å². The Kier molecular flexibility index (Phi) is 3.67. The van der Waals surface area contributed by atoms with Crippen molar-refractivity contribution in [3.05, 3.63) is 29.6 Å². The van der Waals surface area contributed by atoms with Crippen LogP contribution in [-0.4, -0.2) is 6.10 Å². The van der Waals surface area contributed by atoms with Gasteiger partial charge in [-0.1, -0.05) is 19.9 Å². The van der Waals surface area contributed by atoms with Crippen molar-refractivity contribution < 1.29 is 9.13 Å². The van der Waals surface area contributed by atoms with E-state index in [4.69, 9.17) is 10.5 Å². The number of benzene rings is 1. The predicted octanol–water partition coefficient (Wildman–Crippen LogP) is 3.41. The van der Waals surface area contributed by atoms with Crippen LogP contribution in [0.1, 0.15) is 44.7 Å². The average molecular weight is 237 g/mol. The minimum absolute atomic E-state index is 0.0371. The maximum Gasteiger partial charge on any atom is 0.127 e. The molecule has 3 heteroatoms. The van der Waals surface area contributed by atoms with Crippen LogP contribution in [0, 0.1) is 11.7 Å². The van der Waals surface area contributed by atoms with E-state index in [9.17, 15) is 4.39 Å². The molecule has 94 valence electrons. The summed E-state index contributed by atoms with van der Waals surface area (Å²) in [6.07, 6.45) is 3.08. The molecule has 0 saturated carbocycles. The molecule has 0 aliphatic carbocycles. The zero-order valence-corrected chi connectivity index (χ0v) is 10.4. The van der Waals surface area contributed by atoms with E-state index in [1.165, 1.54) is 12.1 Å². The molecule has 0 aromatic heterocycles. The third kappa shape index (κ3) is 2.44. The molecule has 1 heterocycles. The van der Waals surface area contributed by atoms with Gasteiger partial charge in [-0.3, -0.25) is 0 Å². The van der Waals surface area contributed by atoms with E-state index >= 15 is 0 Å². The van der Waals surface area contributed by atoms with Crippen LogP contribution in [0.25, 0.3) is 0 Å². The van der Waals surface area contributed by atoms with Crippen molar-refractivity contribution in [1.29, 1.82) is 0 Å². The van der Waals surface area contributed by atoms with E-state index in [0.717, 1.165) is 24.8 Å². The summed E-state index contributed by atoms with van der Waals surface area (Å²) in [6.45, 7) is 4.31. The minimum atomic E-state index is -0.263. The first-order valence-corrected chi connectivity index (χ1v) is 6.37. The summed E-state index contributed by atoms with van der Waals surface area (Å²) in [4.78, 5) is 0. The number of halogens is 1. The topological polar surface area (TPSA) is 35.2 Å². The van der Waals surface area contributed by atoms with Crippen LogP contribution in [0.15, 0.2) is 18.2 Å². The van der Waals surface area contributed by atoms with E-state index in [1.54, 1.807) is 6.07 Å². The van der Waals surface area contributed by atoms with Crippen molar-refractivity contribution in [1.82, 2.24) is 0 Å². The second-order valence-electron chi connectivity index (χ2n) is 4.76. The Bertz CT molecular complexity index is 390. The standard InChI is InChI=1S/C14H20FNO/c1-3-9(4-2)13-8-12(16)11-6-5-10(15)7-14(11)17-13/h5-7,9,12-13H,3-4,8,16H2,1-2H3/t12-,13?/m0/s1. The molecule has 0 amide bonds. The van der Waals surface area contributed by atoms with E-state index in [2.05, 4.69) is 13.8 Å². The van der Waals surface area contributed by atoms with Gasteiger partial charge >= 0.3 is 0 Å². The van der Waals surface area contributed by atoms with Crippen molar-refractivity contribution in [2.24, 2.45) is 11.7 Å². The number of rotatable bonds is 3. The Hall–Kier alpha value is -1.09. The highest BCUT2D eigenvalue weighted by molar-refractivity contribution is 5.38. The van der Waals surface area contributed by atoms with Crippen LogP contribution in [0.2, 0.25) is 0 Å². The second-order valence-corrected chi connectivity index (χ2v) is 4.76. The smallest absolute Gasteiger partial charge is 0.127 e. The monoisotopic (exact) mass is 237 g/mol. The molecule has 2 N–H and O–H groups in total. The van der Waals surface area contributed by atoms with Gasteiger partial charge in [-0.15, -0.1) is 0 Å². The number of hydrogen-bond donors (Lipinski definition) is 1. The molecule has 1 aliphatic heterocycles. The van der Waals surface area contributed by atoms with Crippen LogP contribution in [0.5, 0.6) is 5.75 Å². The number of ether oxygens (including phenoxy) is 1. The van der Waals surface area contributed by atoms with Gasteiger partial charge in [-0.05, 0) is 24.8 Å². The third-order valence-corrected chi connectivity index (χ3v) is 3.71. The van der Waals surface area contributed by atoms with E-state index in [-0.39, 0.29) is 18.0 Å². The fourth-order valence-corrected chi connectivity index (χ4v) is 2.61. The van der Waals surface area contributed by atoms with Gasteiger partial charge in [0, 0.05) is 24.1 Å². The highest BCUT2D eigenvalue weighted by Crippen LogP contribution is 2.37. The first-order chi connectivity index (χ1) is 8.15. The molecule has 0 spiro atoms. The van der Waals surface area contributed by atoms with Gasteiger partial charge in [0.25, 0.3) is 0 Å². The van der Waals surface area contributed by atoms with Gasteiger partial charge in [-0.2, -0.15) is 0 Å². The highest BCUT2D eigenvalue weighted by atomic mass is 19.1. The van der Waals surface area contributed by atoms with Crippen LogP contribution >= 0.6 is 0 Å². The average Bonchev–Trinajstić information content (AvgIpc) is 2.30. The Morgan fingerprint density at radius 2 is 2.12 bits per heavy atom. The first kappa shape index (κ1) is 12.4. The summed E-state index contributed by atoms with van der Waals surface area (Å²) >= 11 is 0. The number of nitrogens with two attached hydrogens (primary N) is 1. The van der Waals surface area contributed by atoms with Gasteiger partial charge in [-0.25, -0.2) is 4.39 Å². The van der Waals surface area contributed by atoms with E-state index in [0.29, 0.717) is 11.7 Å². The van der Waals surface area contributed by atoms with Crippen molar-refractivity contribution in [3.8, 4) is 5.75 Å². The van der Waals surface area contributed by atoms with E-state index in [1.807, 2.05) is 0 Å². The molecule has 1 unspecified atom stereocenters. The molecule has 2 atom stereocenters. The molecule has 0 fully saturated rings. The molecule has 1 aromatic rings. The number of fused-ring (bicyclic) bond motifs is 1. The molecule has 17 heavy (non-hydrogen) atoms. The largest absolute Gasteiger partial charge is 0.490 e. The molecule has 0 bridgehead atoms. The summed E-state index contributed by atoms with van der Waals surface area (Å²) in [5.74, 6) is 0.860. The Labute approximate surface area is 102 Å². The maximum absolute atomic E-state index is 13.2.